The van der Waals surface area contributed by atoms with E-state index in [4.69, 9.17) is 5.73 Å². The number of hydrogen-bond acceptors (Lipinski definition) is 5. The lowest BCUT2D eigenvalue weighted by atomic mass is 10.3. The van der Waals surface area contributed by atoms with Crippen molar-refractivity contribution >= 4 is 11.6 Å². The molecule has 1 aromatic heterocycles. The Kier molecular flexibility index (Phi) is 3.36. The fourth-order valence-electron chi connectivity index (χ4n) is 2.37. The molecule has 1 aliphatic heterocycles. The zero-order chi connectivity index (χ0) is 15.0. The molecule has 1 saturated heterocycles. The SMILES string of the molecule is Nc1ccccc1-n1ccc(C(=O)N2C[C@@H](O)[C@@H](O)C2)n1. The molecule has 1 aromatic carbocycles. The smallest absolute Gasteiger partial charge is 0.274 e. The van der Waals surface area contributed by atoms with Gasteiger partial charge in [-0.15, -0.1) is 0 Å². The summed E-state index contributed by atoms with van der Waals surface area (Å²) < 4.78 is 1.53. The Hall–Kier alpha value is -2.38. The lowest BCUT2D eigenvalue weighted by molar-refractivity contribution is 0.0572. The van der Waals surface area contributed by atoms with Crippen molar-refractivity contribution in [2.75, 3.05) is 18.8 Å². The van der Waals surface area contributed by atoms with Crippen molar-refractivity contribution in [2.24, 2.45) is 0 Å². The Balaban J connectivity index is 1.82. The molecule has 0 radical (unpaired) electrons. The number of aromatic nitrogens is 2. The summed E-state index contributed by atoms with van der Waals surface area (Å²) in [4.78, 5) is 13.6. The number of nitrogens with zero attached hydrogens (tertiary/aromatic N) is 3. The molecule has 4 N–H and O–H groups in total. The summed E-state index contributed by atoms with van der Waals surface area (Å²) in [6, 6.07) is 8.81. The normalized spacial score (nSPS) is 21.7. The van der Waals surface area contributed by atoms with Crippen molar-refractivity contribution in [3.8, 4) is 5.69 Å². The Labute approximate surface area is 121 Å². The molecule has 7 heteroatoms. The van der Waals surface area contributed by atoms with E-state index in [1.165, 1.54) is 9.58 Å². The molecule has 0 aliphatic carbocycles. The van der Waals surface area contributed by atoms with E-state index in [0.717, 1.165) is 0 Å². The first kappa shape index (κ1) is 13.6. The van der Waals surface area contributed by atoms with Crippen molar-refractivity contribution in [1.82, 2.24) is 14.7 Å². The molecule has 1 amide bonds. The van der Waals surface area contributed by atoms with Crippen LogP contribution in [-0.2, 0) is 0 Å². The predicted octanol–water partition coefficient (Wildman–Crippen LogP) is -0.368. The van der Waals surface area contributed by atoms with Crippen LogP contribution in [0, 0.1) is 0 Å². The van der Waals surface area contributed by atoms with Crippen LogP contribution in [0.25, 0.3) is 5.69 Å². The molecule has 0 unspecified atom stereocenters. The van der Waals surface area contributed by atoms with Crippen molar-refractivity contribution < 1.29 is 15.0 Å². The first-order chi connectivity index (χ1) is 10.1. The van der Waals surface area contributed by atoms with Gasteiger partial charge in [-0.2, -0.15) is 5.10 Å². The standard InChI is InChI=1S/C14H16N4O3/c15-9-3-1-2-4-11(9)18-6-5-10(16-18)14(21)17-7-12(19)13(20)8-17/h1-6,12-13,19-20H,7-8,15H2/t12-,13+. The fourth-order valence-corrected chi connectivity index (χ4v) is 2.37. The molecule has 2 aromatic rings. The molecule has 0 spiro atoms. The first-order valence-electron chi connectivity index (χ1n) is 6.62. The summed E-state index contributed by atoms with van der Waals surface area (Å²) in [6.45, 7) is 0.223. The maximum Gasteiger partial charge on any atom is 0.274 e. The van der Waals surface area contributed by atoms with E-state index in [1.807, 2.05) is 12.1 Å². The number of rotatable bonds is 2. The molecule has 2 atom stereocenters. The van der Waals surface area contributed by atoms with E-state index < -0.39 is 12.2 Å². The highest BCUT2D eigenvalue weighted by atomic mass is 16.3. The summed E-state index contributed by atoms with van der Waals surface area (Å²) in [5.41, 5.74) is 7.38. The first-order valence-corrected chi connectivity index (χ1v) is 6.62. The van der Waals surface area contributed by atoms with Gasteiger partial charge in [0.05, 0.1) is 23.6 Å². The second kappa shape index (κ2) is 5.19. The summed E-state index contributed by atoms with van der Waals surface area (Å²) in [5, 5.41) is 23.2. The van der Waals surface area contributed by atoms with Gasteiger partial charge in [-0.1, -0.05) is 12.1 Å². The number of nitrogens with two attached hydrogens (primary N) is 1. The zero-order valence-corrected chi connectivity index (χ0v) is 11.3. The number of hydrogen-bond donors (Lipinski definition) is 3. The molecule has 7 nitrogen and oxygen atoms in total. The van der Waals surface area contributed by atoms with Gasteiger partial charge in [0.15, 0.2) is 5.69 Å². The van der Waals surface area contributed by atoms with Crippen LogP contribution in [0.15, 0.2) is 36.5 Å². The number of anilines is 1. The number of amides is 1. The lowest BCUT2D eigenvalue weighted by Gasteiger charge is -2.13. The van der Waals surface area contributed by atoms with E-state index in [-0.39, 0.29) is 24.7 Å². The molecule has 2 heterocycles. The quantitative estimate of drug-likeness (QED) is 0.654. The minimum Gasteiger partial charge on any atom is -0.397 e. The Morgan fingerprint density at radius 2 is 1.86 bits per heavy atom. The maximum atomic E-state index is 12.3. The summed E-state index contributed by atoms with van der Waals surface area (Å²) in [6.07, 6.45) is -0.149. The minimum absolute atomic E-state index is 0.111. The van der Waals surface area contributed by atoms with Gasteiger partial charge >= 0.3 is 0 Å². The van der Waals surface area contributed by atoms with Gasteiger partial charge in [-0.3, -0.25) is 4.79 Å². The van der Waals surface area contributed by atoms with Crippen LogP contribution in [0.3, 0.4) is 0 Å². The number of likely N-dealkylation sites (tertiary alicyclic amines) is 1. The number of carbonyl (C=O) groups is 1. The topological polar surface area (TPSA) is 105 Å². The molecule has 0 saturated carbocycles. The third-order valence-corrected chi connectivity index (χ3v) is 3.54. The van der Waals surface area contributed by atoms with Gasteiger partial charge in [0.1, 0.15) is 0 Å². The van der Waals surface area contributed by atoms with E-state index in [2.05, 4.69) is 5.10 Å². The third-order valence-electron chi connectivity index (χ3n) is 3.54. The average molecular weight is 288 g/mol. The largest absolute Gasteiger partial charge is 0.397 e. The molecular formula is C14H16N4O3. The van der Waals surface area contributed by atoms with Crippen molar-refractivity contribution in [3.05, 3.63) is 42.2 Å². The van der Waals surface area contributed by atoms with Gasteiger partial charge < -0.3 is 20.8 Å². The molecule has 0 bridgehead atoms. The summed E-state index contributed by atoms with van der Waals surface area (Å²) >= 11 is 0. The van der Waals surface area contributed by atoms with Gasteiger partial charge in [0, 0.05) is 19.3 Å². The van der Waals surface area contributed by atoms with Gasteiger partial charge in [-0.25, -0.2) is 4.68 Å². The third kappa shape index (κ3) is 2.48. The lowest BCUT2D eigenvalue weighted by Crippen LogP contribution is -2.30. The molecule has 1 fully saturated rings. The number of aliphatic hydroxyl groups excluding tert-OH is 2. The number of aliphatic hydroxyl groups is 2. The van der Waals surface area contributed by atoms with E-state index >= 15 is 0 Å². The van der Waals surface area contributed by atoms with E-state index in [9.17, 15) is 15.0 Å². The van der Waals surface area contributed by atoms with Gasteiger partial charge in [0.2, 0.25) is 0 Å². The minimum atomic E-state index is -0.902. The van der Waals surface area contributed by atoms with Crippen molar-refractivity contribution in [1.29, 1.82) is 0 Å². The Morgan fingerprint density at radius 3 is 2.52 bits per heavy atom. The van der Waals surface area contributed by atoms with Crippen LogP contribution in [-0.4, -0.2) is 56.1 Å². The number of benzene rings is 1. The van der Waals surface area contributed by atoms with Crippen LogP contribution in [0.2, 0.25) is 0 Å². The van der Waals surface area contributed by atoms with Crippen LogP contribution >= 0.6 is 0 Å². The number of nitrogen functional groups attached to an aromatic ring is 1. The van der Waals surface area contributed by atoms with Crippen LogP contribution in [0.5, 0.6) is 0 Å². The average Bonchev–Trinajstić information content (AvgIpc) is 3.07. The van der Waals surface area contributed by atoms with E-state index in [0.29, 0.717) is 11.4 Å². The van der Waals surface area contributed by atoms with Gasteiger partial charge in [0.25, 0.3) is 5.91 Å². The fraction of sp³-hybridized carbons (Fsp3) is 0.286. The van der Waals surface area contributed by atoms with Crippen molar-refractivity contribution in [2.45, 2.75) is 12.2 Å². The Bertz CT molecular complexity index is 660. The zero-order valence-electron chi connectivity index (χ0n) is 11.3. The highest BCUT2D eigenvalue weighted by Crippen LogP contribution is 2.17. The molecule has 3 rings (SSSR count). The molecule has 21 heavy (non-hydrogen) atoms. The number of carbonyl (C=O) groups excluding carboxylic acids is 1. The summed E-state index contributed by atoms with van der Waals surface area (Å²) in [7, 11) is 0. The van der Waals surface area contributed by atoms with Crippen LogP contribution in [0.1, 0.15) is 10.5 Å². The van der Waals surface area contributed by atoms with Crippen LogP contribution in [0.4, 0.5) is 5.69 Å². The Morgan fingerprint density at radius 1 is 1.19 bits per heavy atom. The van der Waals surface area contributed by atoms with Gasteiger partial charge in [-0.05, 0) is 18.2 Å². The highest BCUT2D eigenvalue weighted by Gasteiger charge is 2.33. The number of para-hydroxylation sites is 2. The predicted molar refractivity (Wildman–Crippen MR) is 75.9 cm³/mol. The molecule has 110 valence electrons. The van der Waals surface area contributed by atoms with E-state index in [1.54, 1.807) is 24.4 Å². The monoisotopic (exact) mass is 288 g/mol. The molecular weight excluding hydrogens is 272 g/mol. The highest BCUT2D eigenvalue weighted by molar-refractivity contribution is 5.92. The van der Waals surface area contributed by atoms with Crippen molar-refractivity contribution in [3.63, 3.8) is 0 Å². The molecule has 1 aliphatic rings. The van der Waals surface area contributed by atoms with Crippen LogP contribution < -0.4 is 5.73 Å². The second-order valence-corrected chi connectivity index (χ2v) is 5.05. The second-order valence-electron chi connectivity index (χ2n) is 5.05. The number of β-amino-alcohol motifs (C(OH)–C–C–N with tert-alkyl or cyclic N) is 2. The summed E-state index contributed by atoms with van der Waals surface area (Å²) in [5.74, 6) is -0.321. The maximum absolute atomic E-state index is 12.3.